The van der Waals surface area contributed by atoms with Gasteiger partial charge in [-0.1, -0.05) is 96.0 Å². The Morgan fingerprint density at radius 1 is 0.735 bits per heavy atom. The SMILES string of the molecule is Clc1ccccc1/C=C(\CNc1ccccc1)c1cnc2ccccc2c1-c1ccccc1Cl. The maximum atomic E-state index is 6.72. The molecule has 0 bridgehead atoms. The first-order valence-electron chi connectivity index (χ1n) is 11.1. The molecule has 0 amide bonds. The molecule has 0 aliphatic heterocycles. The third kappa shape index (κ3) is 4.70. The van der Waals surface area contributed by atoms with Crippen LogP contribution in [0.1, 0.15) is 11.1 Å². The molecule has 0 saturated heterocycles. The Kier molecular flexibility index (Phi) is 6.62. The molecule has 1 N–H and O–H groups in total. The third-order valence-electron chi connectivity index (χ3n) is 5.76. The summed E-state index contributed by atoms with van der Waals surface area (Å²) in [6.07, 6.45) is 4.07. The molecule has 2 nitrogen and oxygen atoms in total. The van der Waals surface area contributed by atoms with Gasteiger partial charge in [0.2, 0.25) is 0 Å². The van der Waals surface area contributed by atoms with Crippen LogP contribution in [-0.4, -0.2) is 11.5 Å². The minimum Gasteiger partial charge on any atom is -0.381 e. The van der Waals surface area contributed by atoms with Crippen LogP contribution in [0, 0.1) is 0 Å². The maximum Gasteiger partial charge on any atom is 0.0708 e. The average Bonchev–Trinajstić information content (AvgIpc) is 2.88. The quantitative estimate of drug-likeness (QED) is 0.262. The van der Waals surface area contributed by atoms with Crippen LogP contribution >= 0.6 is 23.2 Å². The van der Waals surface area contributed by atoms with Gasteiger partial charge in [-0.05, 0) is 47.5 Å². The van der Waals surface area contributed by atoms with Crippen LogP contribution in [0.15, 0.2) is 109 Å². The van der Waals surface area contributed by atoms with Crippen LogP contribution in [0.5, 0.6) is 0 Å². The van der Waals surface area contributed by atoms with E-state index in [9.17, 15) is 0 Å². The highest BCUT2D eigenvalue weighted by atomic mass is 35.5. The lowest BCUT2D eigenvalue weighted by molar-refractivity contribution is 1.32. The minimum atomic E-state index is 0.590. The van der Waals surface area contributed by atoms with Crippen LogP contribution in [0.25, 0.3) is 33.7 Å². The van der Waals surface area contributed by atoms with Crippen molar-refractivity contribution in [2.24, 2.45) is 0 Å². The van der Waals surface area contributed by atoms with Gasteiger partial charge in [0, 0.05) is 50.6 Å². The van der Waals surface area contributed by atoms with Crippen LogP contribution in [0.4, 0.5) is 5.69 Å². The molecular weight excluding hydrogens is 459 g/mol. The van der Waals surface area contributed by atoms with Gasteiger partial charge in [-0.15, -0.1) is 0 Å². The van der Waals surface area contributed by atoms with E-state index in [-0.39, 0.29) is 0 Å². The van der Waals surface area contributed by atoms with Gasteiger partial charge in [0.05, 0.1) is 5.52 Å². The van der Waals surface area contributed by atoms with Gasteiger partial charge in [-0.25, -0.2) is 0 Å². The smallest absolute Gasteiger partial charge is 0.0708 e. The number of halogens is 2. The number of anilines is 1. The Labute approximate surface area is 209 Å². The first-order valence-corrected chi connectivity index (χ1v) is 11.8. The predicted octanol–water partition coefficient (Wildman–Crippen LogP) is 8.86. The Balaban J connectivity index is 1.73. The second kappa shape index (κ2) is 10.1. The van der Waals surface area contributed by atoms with Crippen LogP contribution in [0.2, 0.25) is 10.0 Å². The van der Waals surface area contributed by atoms with Gasteiger partial charge in [-0.3, -0.25) is 4.98 Å². The molecule has 5 aromatic rings. The lowest BCUT2D eigenvalue weighted by Gasteiger charge is -2.18. The number of para-hydroxylation sites is 2. The number of benzene rings is 4. The summed E-state index contributed by atoms with van der Waals surface area (Å²) < 4.78 is 0. The summed E-state index contributed by atoms with van der Waals surface area (Å²) in [5.74, 6) is 0. The fraction of sp³-hybridized carbons (Fsp3) is 0.0333. The molecule has 4 heteroatoms. The molecule has 0 fully saturated rings. The summed E-state index contributed by atoms with van der Waals surface area (Å²) in [6.45, 7) is 0.590. The monoisotopic (exact) mass is 480 g/mol. The number of hydrogen-bond acceptors (Lipinski definition) is 2. The van der Waals surface area contributed by atoms with E-state index >= 15 is 0 Å². The summed E-state index contributed by atoms with van der Waals surface area (Å²) in [6, 6.07) is 34.1. The van der Waals surface area contributed by atoms with Gasteiger partial charge >= 0.3 is 0 Å². The number of nitrogens with zero attached hydrogens (tertiary/aromatic N) is 1. The Bertz CT molecular complexity index is 1480. The van der Waals surface area contributed by atoms with Crippen molar-refractivity contribution in [2.75, 3.05) is 11.9 Å². The van der Waals surface area contributed by atoms with Gasteiger partial charge in [-0.2, -0.15) is 0 Å². The van der Waals surface area contributed by atoms with E-state index < -0.39 is 0 Å². The molecule has 0 aliphatic rings. The number of pyridine rings is 1. The molecule has 166 valence electrons. The van der Waals surface area contributed by atoms with Crippen molar-refractivity contribution >= 4 is 51.4 Å². The summed E-state index contributed by atoms with van der Waals surface area (Å²) in [5, 5.41) is 6.01. The van der Waals surface area contributed by atoms with E-state index in [0.29, 0.717) is 16.6 Å². The third-order valence-corrected chi connectivity index (χ3v) is 6.43. The largest absolute Gasteiger partial charge is 0.381 e. The van der Waals surface area contributed by atoms with Crippen molar-refractivity contribution in [3.63, 3.8) is 0 Å². The lowest BCUT2D eigenvalue weighted by atomic mass is 9.91. The zero-order chi connectivity index (χ0) is 23.3. The Morgan fingerprint density at radius 2 is 1.41 bits per heavy atom. The second-order valence-electron chi connectivity index (χ2n) is 7.95. The molecule has 34 heavy (non-hydrogen) atoms. The predicted molar refractivity (Wildman–Crippen MR) is 146 cm³/mol. The Morgan fingerprint density at radius 3 is 2.21 bits per heavy atom. The molecule has 0 spiro atoms. The minimum absolute atomic E-state index is 0.590. The van der Waals surface area contributed by atoms with Crippen LogP contribution in [-0.2, 0) is 0 Å². The molecule has 0 unspecified atom stereocenters. The number of aromatic nitrogens is 1. The fourth-order valence-electron chi connectivity index (χ4n) is 4.10. The normalized spacial score (nSPS) is 11.5. The molecule has 0 aliphatic carbocycles. The standard InChI is InChI=1S/C30H22Cl2N2/c31-27-15-7-4-10-21(27)18-22(19-33-23-11-2-1-3-12-23)26-20-34-29-17-9-6-14-25(29)30(26)24-13-5-8-16-28(24)32/h1-18,20,33H,19H2/b22-18+. The molecule has 1 heterocycles. The van der Waals surface area contributed by atoms with Crippen molar-refractivity contribution in [1.82, 2.24) is 4.98 Å². The zero-order valence-corrected chi connectivity index (χ0v) is 19.9. The number of hydrogen-bond donors (Lipinski definition) is 1. The van der Waals surface area contributed by atoms with Crippen molar-refractivity contribution < 1.29 is 0 Å². The first-order chi connectivity index (χ1) is 16.7. The van der Waals surface area contributed by atoms with Crippen LogP contribution in [0.3, 0.4) is 0 Å². The highest BCUT2D eigenvalue weighted by Gasteiger charge is 2.17. The van der Waals surface area contributed by atoms with Crippen molar-refractivity contribution in [3.05, 3.63) is 130 Å². The van der Waals surface area contributed by atoms with Gasteiger partial charge in [0.15, 0.2) is 0 Å². The number of rotatable bonds is 6. The van der Waals surface area contributed by atoms with Crippen molar-refractivity contribution in [1.29, 1.82) is 0 Å². The average molecular weight is 481 g/mol. The van der Waals surface area contributed by atoms with Crippen LogP contribution < -0.4 is 5.32 Å². The van der Waals surface area contributed by atoms with E-state index in [1.54, 1.807) is 0 Å². The van der Waals surface area contributed by atoms with E-state index in [4.69, 9.17) is 28.2 Å². The lowest BCUT2D eigenvalue weighted by Crippen LogP contribution is -2.06. The number of fused-ring (bicyclic) bond motifs is 1. The Hall–Kier alpha value is -3.59. The van der Waals surface area contributed by atoms with Gasteiger partial charge < -0.3 is 5.32 Å². The molecule has 0 atom stereocenters. The molecule has 4 aromatic carbocycles. The van der Waals surface area contributed by atoms with Crippen molar-refractivity contribution in [2.45, 2.75) is 0 Å². The highest BCUT2D eigenvalue weighted by Crippen LogP contribution is 2.39. The summed E-state index contributed by atoms with van der Waals surface area (Å²) in [4.78, 5) is 4.79. The molecule has 1 aromatic heterocycles. The second-order valence-corrected chi connectivity index (χ2v) is 8.77. The summed E-state index contributed by atoms with van der Waals surface area (Å²) in [7, 11) is 0. The summed E-state index contributed by atoms with van der Waals surface area (Å²) >= 11 is 13.3. The highest BCUT2D eigenvalue weighted by molar-refractivity contribution is 6.34. The van der Waals surface area contributed by atoms with E-state index in [1.807, 2.05) is 85.1 Å². The maximum absolute atomic E-state index is 6.72. The van der Waals surface area contributed by atoms with E-state index in [1.165, 1.54) is 0 Å². The molecule has 5 rings (SSSR count). The van der Waals surface area contributed by atoms with Gasteiger partial charge in [0.1, 0.15) is 0 Å². The van der Waals surface area contributed by atoms with E-state index in [2.05, 4.69) is 35.7 Å². The zero-order valence-electron chi connectivity index (χ0n) is 18.4. The molecular formula is C30H22Cl2N2. The molecule has 0 saturated carbocycles. The van der Waals surface area contributed by atoms with Gasteiger partial charge in [0.25, 0.3) is 0 Å². The summed E-state index contributed by atoms with van der Waals surface area (Å²) in [5.41, 5.74) is 7.02. The number of nitrogens with one attached hydrogen (secondary N) is 1. The molecule has 0 radical (unpaired) electrons. The topological polar surface area (TPSA) is 24.9 Å². The fourth-order valence-corrected chi connectivity index (χ4v) is 4.52. The van der Waals surface area contributed by atoms with E-state index in [0.717, 1.165) is 44.4 Å². The first kappa shape index (κ1) is 22.2. The van der Waals surface area contributed by atoms with Crippen molar-refractivity contribution in [3.8, 4) is 11.1 Å².